The van der Waals surface area contributed by atoms with Gasteiger partial charge in [-0.15, -0.1) is 0 Å². The molecule has 0 aromatic heterocycles. The number of hydrogen-bond donors (Lipinski definition) is 0. The van der Waals surface area contributed by atoms with Gasteiger partial charge in [0.05, 0.1) is 10.1 Å². The van der Waals surface area contributed by atoms with E-state index in [9.17, 15) is 13.0 Å². The Morgan fingerprint density at radius 2 is 1.89 bits per heavy atom. The maximum Gasteiger partial charge on any atom is 1.00 e. The monoisotopic (exact) mass is 176 g/mol. The van der Waals surface area contributed by atoms with Crippen LogP contribution in [-0.2, 0) is 10.1 Å². The van der Waals surface area contributed by atoms with Crippen LogP contribution < -0.4 is 51.4 Å². The first-order valence-electron chi connectivity index (χ1n) is 2.43. The molecular weight excluding hydrogens is 167 g/mol. The summed E-state index contributed by atoms with van der Waals surface area (Å²) in [6.07, 6.45) is 0.395. The summed E-state index contributed by atoms with van der Waals surface area (Å²) in [6.45, 7) is 3.07. The second-order valence-corrected chi connectivity index (χ2v) is 3.50. The molecule has 0 aliphatic carbocycles. The summed E-state index contributed by atoms with van der Waals surface area (Å²) in [7, 11) is -4.00. The van der Waals surface area contributed by atoms with Crippen LogP contribution in [0.25, 0.3) is 0 Å². The molecule has 0 aliphatic rings. The summed E-state index contributed by atoms with van der Waals surface area (Å²) in [6, 6.07) is 0. The van der Waals surface area contributed by atoms with Crippen LogP contribution >= 0.6 is 0 Å². The van der Waals surface area contributed by atoms with E-state index in [1.54, 1.807) is 6.92 Å². The van der Waals surface area contributed by atoms with Crippen molar-refractivity contribution in [2.45, 2.75) is 25.5 Å². The fourth-order valence-electron chi connectivity index (χ4n) is 0.204. The Bertz CT molecular complexity index is 151. The van der Waals surface area contributed by atoms with E-state index in [4.69, 9.17) is 0 Å². The Hall–Kier alpha value is 1.55. The second-order valence-electron chi connectivity index (χ2n) is 1.71. The van der Waals surface area contributed by atoms with Gasteiger partial charge in [0.2, 0.25) is 0 Å². The average molecular weight is 176 g/mol. The second kappa shape index (κ2) is 5.23. The van der Waals surface area contributed by atoms with Gasteiger partial charge in [0.25, 0.3) is 0 Å². The van der Waals surface area contributed by atoms with Crippen LogP contribution in [0.2, 0.25) is 0 Å². The molecule has 3 nitrogen and oxygen atoms in total. The molecule has 0 saturated carbocycles. The van der Waals surface area contributed by atoms with Crippen molar-refractivity contribution in [1.29, 1.82) is 0 Å². The maximum absolute atomic E-state index is 10.0. The minimum atomic E-state index is -4.00. The number of hydrogen-bond acceptors (Lipinski definition) is 3. The van der Waals surface area contributed by atoms with E-state index < -0.39 is 15.4 Å². The molecule has 0 rings (SSSR count). The molecule has 0 spiro atoms. The topological polar surface area (TPSA) is 57.2 Å². The summed E-state index contributed by atoms with van der Waals surface area (Å²) in [5.74, 6) is 0. The molecule has 0 aliphatic heterocycles. The smallest absolute Gasteiger partial charge is 0.748 e. The van der Waals surface area contributed by atoms with Crippen molar-refractivity contribution in [1.82, 2.24) is 0 Å². The van der Waals surface area contributed by atoms with Crippen molar-refractivity contribution >= 4 is 10.1 Å². The minimum Gasteiger partial charge on any atom is -0.748 e. The molecule has 5 heteroatoms. The standard InChI is InChI=1S/C4H10O3S.K/c1-3-4(2)8(5,6)7;/h4H,3H2,1-2H3,(H,5,6,7);/q;+1/p-1. The van der Waals surface area contributed by atoms with Gasteiger partial charge in [-0.3, -0.25) is 0 Å². The van der Waals surface area contributed by atoms with Crippen molar-refractivity contribution in [2.75, 3.05) is 0 Å². The van der Waals surface area contributed by atoms with Crippen molar-refractivity contribution < 1.29 is 64.4 Å². The van der Waals surface area contributed by atoms with Crippen molar-refractivity contribution in [3.8, 4) is 0 Å². The SMILES string of the molecule is CCC(C)S(=O)(=O)[O-].[K+]. The predicted octanol–water partition coefficient (Wildman–Crippen LogP) is -2.67. The van der Waals surface area contributed by atoms with Gasteiger partial charge in [-0.25, -0.2) is 8.42 Å². The summed E-state index contributed by atoms with van der Waals surface area (Å²) in [5, 5.41) is -0.734. The molecule has 0 radical (unpaired) electrons. The third-order valence-electron chi connectivity index (χ3n) is 1.07. The first kappa shape index (κ1) is 13.2. The molecule has 0 fully saturated rings. The molecule has 9 heavy (non-hydrogen) atoms. The molecule has 0 saturated heterocycles. The number of rotatable bonds is 2. The van der Waals surface area contributed by atoms with Gasteiger partial charge in [0.15, 0.2) is 0 Å². The van der Waals surface area contributed by atoms with E-state index in [0.717, 1.165) is 0 Å². The first-order chi connectivity index (χ1) is 3.48. The van der Waals surface area contributed by atoms with E-state index in [0.29, 0.717) is 6.42 Å². The average Bonchev–Trinajstić information content (AvgIpc) is 1.62. The maximum atomic E-state index is 10.0. The van der Waals surface area contributed by atoms with E-state index in [1.165, 1.54) is 6.92 Å². The zero-order chi connectivity index (χ0) is 6.78. The molecule has 0 aromatic carbocycles. The van der Waals surface area contributed by atoms with Crippen LogP contribution in [0, 0.1) is 0 Å². The Labute approximate surface area is 98.4 Å². The van der Waals surface area contributed by atoms with Crippen molar-refractivity contribution in [3.63, 3.8) is 0 Å². The zero-order valence-corrected chi connectivity index (χ0v) is 9.86. The largest absolute Gasteiger partial charge is 1.00 e. The van der Waals surface area contributed by atoms with E-state index in [-0.39, 0.29) is 51.4 Å². The Morgan fingerprint density at radius 3 is 1.89 bits per heavy atom. The molecule has 0 amide bonds. The zero-order valence-electron chi connectivity index (χ0n) is 5.92. The van der Waals surface area contributed by atoms with Crippen LogP contribution in [-0.4, -0.2) is 18.2 Å². The van der Waals surface area contributed by atoms with Gasteiger partial charge in [-0.2, -0.15) is 0 Å². The summed E-state index contributed by atoms with van der Waals surface area (Å²) >= 11 is 0. The Morgan fingerprint density at radius 1 is 1.56 bits per heavy atom. The Balaban J connectivity index is 0. The quantitative estimate of drug-likeness (QED) is 0.341. The molecule has 50 valence electrons. The molecule has 0 bridgehead atoms. The molecule has 0 N–H and O–H groups in total. The van der Waals surface area contributed by atoms with Gasteiger partial charge in [0.1, 0.15) is 0 Å². The van der Waals surface area contributed by atoms with Crippen LogP contribution in [0.5, 0.6) is 0 Å². The molecule has 0 heterocycles. The fraction of sp³-hybridized carbons (Fsp3) is 1.00. The van der Waals surface area contributed by atoms with Gasteiger partial charge < -0.3 is 4.55 Å². The first-order valence-corrected chi connectivity index (χ1v) is 3.90. The fourth-order valence-corrected chi connectivity index (χ4v) is 0.612. The van der Waals surface area contributed by atoms with Crippen LogP contribution in [0.3, 0.4) is 0 Å². The normalized spacial score (nSPS) is 14.1. The minimum absolute atomic E-state index is 0. The summed E-state index contributed by atoms with van der Waals surface area (Å²) < 4.78 is 30.0. The van der Waals surface area contributed by atoms with Crippen molar-refractivity contribution in [3.05, 3.63) is 0 Å². The van der Waals surface area contributed by atoms with Gasteiger partial charge in [-0.05, 0) is 13.3 Å². The Kier molecular flexibility index (Phi) is 7.65. The predicted molar refractivity (Wildman–Crippen MR) is 29.5 cm³/mol. The van der Waals surface area contributed by atoms with Crippen LogP contribution in [0.1, 0.15) is 20.3 Å². The van der Waals surface area contributed by atoms with Gasteiger partial charge in [-0.1, -0.05) is 6.92 Å². The molecule has 0 aromatic rings. The molecule has 1 atom stereocenters. The van der Waals surface area contributed by atoms with E-state index >= 15 is 0 Å². The van der Waals surface area contributed by atoms with Gasteiger partial charge >= 0.3 is 51.4 Å². The van der Waals surface area contributed by atoms with Crippen LogP contribution in [0.15, 0.2) is 0 Å². The molecule has 1 unspecified atom stereocenters. The summed E-state index contributed by atoms with van der Waals surface area (Å²) in [5.41, 5.74) is 0. The third kappa shape index (κ3) is 5.97. The third-order valence-corrected chi connectivity index (χ3v) is 2.39. The van der Waals surface area contributed by atoms with Gasteiger partial charge in [0, 0.05) is 5.25 Å². The van der Waals surface area contributed by atoms with Crippen LogP contribution in [0.4, 0.5) is 0 Å². The molecular formula is C4H9KO3S. The summed E-state index contributed by atoms with van der Waals surface area (Å²) in [4.78, 5) is 0. The van der Waals surface area contributed by atoms with Crippen molar-refractivity contribution in [2.24, 2.45) is 0 Å². The van der Waals surface area contributed by atoms with E-state index in [2.05, 4.69) is 0 Å². The van der Waals surface area contributed by atoms with E-state index in [1.807, 2.05) is 0 Å².